The molecule has 1 amide bonds. The van der Waals surface area contributed by atoms with E-state index >= 15 is 0 Å². The minimum absolute atomic E-state index is 0.143. The average molecular weight is 432 g/mol. The van der Waals surface area contributed by atoms with Crippen LogP contribution in [-0.2, 0) is 13.1 Å². The van der Waals surface area contributed by atoms with Gasteiger partial charge in [-0.05, 0) is 38.0 Å². The summed E-state index contributed by atoms with van der Waals surface area (Å²) in [6.45, 7) is 5.90. The van der Waals surface area contributed by atoms with E-state index in [-0.39, 0.29) is 11.5 Å². The van der Waals surface area contributed by atoms with E-state index in [0.717, 1.165) is 49.1 Å². The van der Waals surface area contributed by atoms with Crippen LogP contribution in [-0.4, -0.2) is 31.8 Å². The molecule has 0 unspecified atom stereocenters. The summed E-state index contributed by atoms with van der Waals surface area (Å²) < 4.78 is 3.61. The molecule has 0 bridgehead atoms. The number of para-hydroxylation sites is 2. The van der Waals surface area contributed by atoms with Gasteiger partial charge < -0.3 is 9.88 Å². The fourth-order valence-corrected chi connectivity index (χ4v) is 4.07. The van der Waals surface area contributed by atoms with E-state index in [4.69, 9.17) is 0 Å². The number of rotatable bonds is 9. The van der Waals surface area contributed by atoms with Gasteiger partial charge in [-0.3, -0.25) is 9.59 Å². The van der Waals surface area contributed by atoms with Gasteiger partial charge in [0.05, 0.1) is 16.4 Å². The van der Waals surface area contributed by atoms with Crippen LogP contribution in [0.2, 0.25) is 0 Å². The SMILES string of the molecule is CCCCCn1nc(C(=O)NCCCn2c(C)nc3ccccc32)c2ccccc2c1=O. The third kappa shape index (κ3) is 4.42. The molecule has 0 aliphatic rings. The highest BCUT2D eigenvalue weighted by Gasteiger charge is 2.16. The van der Waals surface area contributed by atoms with Crippen molar-refractivity contribution in [1.82, 2.24) is 24.6 Å². The van der Waals surface area contributed by atoms with Gasteiger partial charge in [0, 0.05) is 25.0 Å². The molecule has 2 aromatic heterocycles. The van der Waals surface area contributed by atoms with E-state index in [1.165, 1.54) is 4.68 Å². The molecule has 0 spiro atoms. The van der Waals surface area contributed by atoms with Gasteiger partial charge in [0.15, 0.2) is 5.69 Å². The number of nitrogens with one attached hydrogen (secondary N) is 1. The molecule has 7 nitrogen and oxygen atoms in total. The summed E-state index contributed by atoms with van der Waals surface area (Å²) in [5.41, 5.74) is 2.25. The first-order valence-corrected chi connectivity index (χ1v) is 11.3. The smallest absolute Gasteiger partial charge is 0.274 e. The van der Waals surface area contributed by atoms with Crippen molar-refractivity contribution in [1.29, 1.82) is 0 Å². The second-order valence-corrected chi connectivity index (χ2v) is 8.04. The van der Waals surface area contributed by atoms with Gasteiger partial charge in [-0.15, -0.1) is 0 Å². The number of imidazole rings is 1. The normalized spacial score (nSPS) is 11.3. The van der Waals surface area contributed by atoms with E-state index < -0.39 is 0 Å². The second kappa shape index (κ2) is 9.77. The summed E-state index contributed by atoms with van der Waals surface area (Å²) in [4.78, 5) is 30.4. The first kappa shape index (κ1) is 21.7. The Morgan fingerprint density at radius 2 is 1.72 bits per heavy atom. The molecule has 0 saturated carbocycles. The number of nitrogens with zero attached hydrogens (tertiary/aromatic N) is 4. The van der Waals surface area contributed by atoms with Crippen LogP contribution < -0.4 is 10.9 Å². The molecule has 2 heterocycles. The highest BCUT2D eigenvalue weighted by molar-refractivity contribution is 6.04. The molecule has 0 fully saturated rings. The number of amides is 1. The van der Waals surface area contributed by atoms with Gasteiger partial charge in [-0.2, -0.15) is 5.10 Å². The van der Waals surface area contributed by atoms with Crippen LogP contribution >= 0.6 is 0 Å². The molecule has 7 heteroatoms. The molecule has 0 radical (unpaired) electrons. The van der Waals surface area contributed by atoms with Crippen molar-refractivity contribution in [2.45, 2.75) is 52.6 Å². The first-order chi connectivity index (χ1) is 15.6. The lowest BCUT2D eigenvalue weighted by Crippen LogP contribution is -2.31. The number of hydrogen-bond acceptors (Lipinski definition) is 4. The molecule has 2 aromatic carbocycles. The molecule has 0 atom stereocenters. The molecule has 1 N–H and O–H groups in total. The number of carbonyl (C=O) groups is 1. The molecule has 0 saturated heterocycles. The third-order valence-electron chi connectivity index (χ3n) is 5.75. The van der Waals surface area contributed by atoms with Gasteiger partial charge >= 0.3 is 0 Å². The molecule has 4 aromatic rings. The quantitative estimate of drug-likeness (QED) is 0.405. The standard InChI is InChI=1S/C25H29N5O2/c1-3-4-9-17-30-25(32)20-12-6-5-11-19(20)23(28-30)24(31)26-15-10-16-29-18(2)27-21-13-7-8-14-22(21)29/h5-8,11-14H,3-4,9-10,15-17H2,1-2H3,(H,26,31). The summed E-state index contributed by atoms with van der Waals surface area (Å²) in [5, 5.41) is 8.54. The Labute approximate surface area is 187 Å². The maximum Gasteiger partial charge on any atom is 0.274 e. The Kier molecular flexibility index (Phi) is 6.63. The number of benzene rings is 2. The molecule has 0 aliphatic carbocycles. The number of fused-ring (bicyclic) bond motifs is 2. The maximum atomic E-state index is 13.0. The Morgan fingerprint density at radius 3 is 2.53 bits per heavy atom. The van der Waals surface area contributed by atoms with E-state index in [1.807, 2.05) is 37.3 Å². The molecule has 166 valence electrons. The highest BCUT2D eigenvalue weighted by Crippen LogP contribution is 2.16. The van der Waals surface area contributed by atoms with Crippen LogP contribution in [0.25, 0.3) is 21.8 Å². The van der Waals surface area contributed by atoms with Crippen molar-refractivity contribution in [2.24, 2.45) is 0 Å². The summed E-state index contributed by atoms with van der Waals surface area (Å²) in [6, 6.07) is 15.3. The Bertz CT molecular complexity index is 1300. The van der Waals surface area contributed by atoms with Crippen molar-refractivity contribution in [3.05, 3.63) is 70.4 Å². The lowest BCUT2D eigenvalue weighted by Gasteiger charge is -2.12. The van der Waals surface area contributed by atoms with E-state index in [9.17, 15) is 9.59 Å². The Morgan fingerprint density at radius 1 is 0.969 bits per heavy atom. The van der Waals surface area contributed by atoms with Crippen molar-refractivity contribution in [3.63, 3.8) is 0 Å². The Hall–Kier alpha value is -3.48. The highest BCUT2D eigenvalue weighted by atomic mass is 16.2. The predicted octanol–water partition coefficient (Wildman–Crippen LogP) is 4.06. The lowest BCUT2D eigenvalue weighted by atomic mass is 10.1. The lowest BCUT2D eigenvalue weighted by molar-refractivity contribution is 0.0947. The minimum Gasteiger partial charge on any atom is -0.351 e. The third-order valence-corrected chi connectivity index (χ3v) is 5.75. The van der Waals surface area contributed by atoms with Crippen LogP contribution in [0.3, 0.4) is 0 Å². The fraction of sp³-hybridized carbons (Fsp3) is 0.360. The van der Waals surface area contributed by atoms with Crippen molar-refractivity contribution < 1.29 is 4.79 Å². The fourth-order valence-electron chi connectivity index (χ4n) is 4.07. The second-order valence-electron chi connectivity index (χ2n) is 8.04. The number of hydrogen-bond donors (Lipinski definition) is 1. The van der Waals surface area contributed by atoms with Crippen LogP contribution in [0.1, 0.15) is 48.9 Å². The van der Waals surface area contributed by atoms with E-state index in [1.54, 1.807) is 12.1 Å². The van der Waals surface area contributed by atoms with Crippen molar-refractivity contribution >= 4 is 27.7 Å². The van der Waals surface area contributed by atoms with Crippen LogP contribution in [0.15, 0.2) is 53.3 Å². The van der Waals surface area contributed by atoms with Crippen molar-refractivity contribution in [3.8, 4) is 0 Å². The van der Waals surface area contributed by atoms with Gasteiger partial charge in [-0.1, -0.05) is 50.1 Å². The zero-order valence-electron chi connectivity index (χ0n) is 18.7. The number of aromatic nitrogens is 4. The zero-order chi connectivity index (χ0) is 22.5. The summed E-state index contributed by atoms with van der Waals surface area (Å²) in [7, 11) is 0. The minimum atomic E-state index is -0.252. The molecular formula is C25H29N5O2. The Balaban J connectivity index is 1.48. The molecule has 32 heavy (non-hydrogen) atoms. The maximum absolute atomic E-state index is 13.0. The van der Waals surface area contributed by atoms with Gasteiger partial charge in [-0.25, -0.2) is 9.67 Å². The predicted molar refractivity (Wildman–Crippen MR) is 127 cm³/mol. The van der Waals surface area contributed by atoms with Gasteiger partial charge in [0.1, 0.15) is 5.82 Å². The van der Waals surface area contributed by atoms with E-state index in [2.05, 4.69) is 33.0 Å². The van der Waals surface area contributed by atoms with Gasteiger partial charge in [0.25, 0.3) is 11.5 Å². The van der Waals surface area contributed by atoms with Crippen LogP contribution in [0.4, 0.5) is 0 Å². The van der Waals surface area contributed by atoms with Crippen LogP contribution in [0.5, 0.6) is 0 Å². The van der Waals surface area contributed by atoms with Crippen LogP contribution in [0, 0.1) is 6.92 Å². The summed E-state index contributed by atoms with van der Waals surface area (Å²) in [5.74, 6) is 0.710. The van der Waals surface area contributed by atoms with E-state index in [0.29, 0.717) is 29.6 Å². The zero-order valence-corrected chi connectivity index (χ0v) is 18.7. The summed E-state index contributed by atoms with van der Waals surface area (Å²) >= 11 is 0. The first-order valence-electron chi connectivity index (χ1n) is 11.3. The number of unbranched alkanes of at least 4 members (excludes halogenated alkanes) is 2. The summed E-state index contributed by atoms with van der Waals surface area (Å²) in [6.07, 6.45) is 3.70. The largest absolute Gasteiger partial charge is 0.351 e. The van der Waals surface area contributed by atoms with Crippen molar-refractivity contribution in [2.75, 3.05) is 6.54 Å². The molecule has 0 aliphatic heterocycles. The monoisotopic (exact) mass is 431 g/mol. The number of aryl methyl sites for hydroxylation is 3. The number of carbonyl (C=O) groups excluding carboxylic acids is 1. The molecule has 4 rings (SSSR count). The average Bonchev–Trinajstić information content (AvgIpc) is 3.13. The topological polar surface area (TPSA) is 81.8 Å². The molecular weight excluding hydrogens is 402 g/mol. The van der Waals surface area contributed by atoms with Gasteiger partial charge in [0.2, 0.25) is 0 Å².